The van der Waals surface area contributed by atoms with E-state index in [0.29, 0.717) is 29.2 Å². The Kier molecular flexibility index (Phi) is 5.59. The van der Waals surface area contributed by atoms with Crippen molar-refractivity contribution >= 4 is 40.4 Å². The Labute approximate surface area is 150 Å². The lowest BCUT2D eigenvalue weighted by Gasteiger charge is -2.23. The molecule has 0 unspecified atom stereocenters. The van der Waals surface area contributed by atoms with Gasteiger partial charge in [-0.15, -0.1) is 11.3 Å². The van der Waals surface area contributed by atoms with Crippen LogP contribution in [0, 0.1) is 0 Å². The molecule has 1 aromatic heterocycles. The average Bonchev–Trinajstić information content (AvgIpc) is 3.17. The molecule has 2 heterocycles. The van der Waals surface area contributed by atoms with Crippen LogP contribution in [0.4, 0.5) is 0 Å². The highest BCUT2D eigenvalue weighted by Gasteiger charge is 2.28. The van der Waals surface area contributed by atoms with E-state index in [2.05, 4.69) is 27.7 Å². The number of nitrogens with one attached hydrogen (secondary N) is 1. The van der Waals surface area contributed by atoms with Crippen LogP contribution < -0.4 is 5.32 Å². The average molecular weight is 369 g/mol. The number of rotatable bonds is 5. The van der Waals surface area contributed by atoms with E-state index in [9.17, 15) is 4.79 Å². The molecule has 0 saturated carbocycles. The van der Waals surface area contributed by atoms with Crippen LogP contribution in [0.25, 0.3) is 0 Å². The van der Waals surface area contributed by atoms with Crippen molar-refractivity contribution < 1.29 is 4.79 Å². The summed E-state index contributed by atoms with van der Waals surface area (Å²) in [7, 11) is 0. The monoisotopic (exact) mass is 368 g/mol. The molecular formula is C17H18Cl2N2OS. The van der Waals surface area contributed by atoms with Gasteiger partial charge in [0.05, 0.1) is 6.54 Å². The van der Waals surface area contributed by atoms with Crippen LogP contribution in [0.3, 0.4) is 0 Å². The second kappa shape index (κ2) is 7.67. The van der Waals surface area contributed by atoms with Crippen molar-refractivity contribution in [1.29, 1.82) is 0 Å². The smallest absolute Gasteiger partial charge is 0.234 e. The van der Waals surface area contributed by atoms with E-state index >= 15 is 0 Å². The Morgan fingerprint density at radius 2 is 2.22 bits per heavy atom. The Morgan fingerprint density at radius 1 is 1.35 bits per heavy atom. The molecule has 1 amide bonds. The highest BCUT2D eigenvalue weighted by atomic mass is 35.5. The van der Waals surface area contributed by atoms with Crippen LogP contribution in [0.2, 0.25) is 10.0 Å². The quantitative estimate of drug-likeness (QED) is 0.841. The Balaban J connectivity index is 1.55. The molecule has 2 aromatic rings. The number of hydrogen-bond donors (Lipinski definition) is 1. The molecule has 1 aliphatic rings. The Morgan fingerprint density at radius 3 is 2.96 bits per heavy atom. The van der Waals surface area contributed by atoms with Crippen molar-refractivity contribution in [3.05, 3.63) is 56.2 Å². The topological polar surface area (TPSA) is 32.3 Å². The Hall–Kier alpha value is -1.07. The summed E-state index contributed by atoms with van der Waals surface area (Å²) in [6.07, 6.45) is 2.26. The highest BCUT2D eigenvalue weighted by molar-refractivity contribution is 7.10. The molecule has 3 rings (SSSR count). The van der Waals surface area contributed by atoms with Gasteiger partial charge >= 0.3 is 0 Å². The lowest BCUT2D eigenvalue weighted by atomic mass is 10.2. The normalized spacial score (nSPS) is 18.3. The highest BCUT2D eigenvalue weighted by Crippen LogP contribution is 2.34. The summed E-state index contributed by atoms with van der Waals surface area (Å²) in [6.45, 7) is 1.82. The summed E-state index contributed by atoms with van der Waals surface area (Å²) in [5.74, 6) is 0.0273. The fraction of sp³-hybridized carbons (Fsp3) is 0.353. The predicted octanol–water partition coefficient (Wildman–Crippen LogP) is 4.51. The minimum Gasteiger partial charge on any atom is -0.351 e. The van der Waals surface area contributed by atoms with E-state index in [4.69, 9.17) is 23.2 Å². The summed E-state index contributed by atoms with van der Waals surface area (Å²) in [6, 6.07) is 9.91. The molecule has 122 valence electrons. The number of halogens is 2. The second-order valence-electron chi connectivity index (χ2n) is 5.66. The lowest BCUT2D eigenvalue weighted by molar-refractivity contribution is -0.122. The fourth-order valence-corrected chi connectivity index (χ4v) is 4.29. The minimum atomic E-state index is 0.0273. The van der Waals surface area contributed by atoms with Gasteiger partial charge in [-0.1, -0.05) is 35.3 Å². The number of benzene rings is 1. The van der Waals surface area contributed by atoms with Crippen LogP contribution in [0.1, 0.15) is 29.3 Å². The number of carbonyl (C=O) groups excluding carboxylic acids is 1. The van der Waals surface area contributed by atoms with Crippen molar-refractivity contribution in [1.82, 2.24) is 10.2 Å². The standard InChI is InChI=1S/C17H18Cl2N2OS/c18-13-6-5-12(14(19)9-13)10-20-17(22)11-21-7-1-3-15(21)16-4-2-8-23-16/h2,4-6,8-9,15H,1,3,7,10-11H2,(H,20,22)/t15-/m1/s1. The molecule has 0 radical (unpaired) electrons. The van der Waals surface area contributed by atoms with Gasteiger partial charge in [0, 0.05) is 27.5 Å². The molecule has 1 fully saturated rings. The molecule has 6 heteroatoms. The molecule has 1 aliphatic heterocycles. The number of nitrogens with zero attached hydrogens (tertiary/aromatic N) is 1. The van der Waals surface area contributed by atoms with Gasteiger partial charge in [-0.3, -0.25) is 9.69 Å². The zero-order valence-corrected chi connectivity index (χ0v) is 14.9. The molecule has 23 heavy (non-hydrogen) atoms. The molecule has 0 aliphatic carbocycles. The van der Waals surface area contributed by atoms with E-state index < -0.39 is 0 Å². The number of thiophene rings is 1. The van der Waals surface area contributed by atoms with Crippen LogP contribution in [0.5, 0.6) is 0 Å². The zero-order chi connectivity index (χ0) is 16.2. The largest absolute Gasteiger partial charge is 0.351 e. The van der Waals surface area contributed by atoms with Gasteiger partial charge in [-0.05, 0) is 48.5 Å². The SMILES string of the molecule is O=C(CN1CCC[C@@H]1c1cccs1)NCc1ccc(Cl)cc1Cl. The third kappa shape index (κ3) is 4.27. The maximum absolute atomic E-state index is 12.2. The summed E-state index contributed by atoms with van der Waals surface area (Å²) in [5, 5.41) is 6.22. The first-order valence-electron chi connectivity index (χ1n) is 7.61. The molecule has 1 N–H and O–H groups in total. The van der Waals surface area contributed by atoms with Crippen molar-refractivity contribution in [3.8, 4) is 0 Å². The summed E-state index contributed by atoms with van der Waals surface area (Å²) >= 11 is 13.8. The minimum absolute atomic E-state index is 0.0273. The van der Waals surface area contributed by atoms with E-state index in [1.54, 1.807) is 23.5 Å². The first-order valence-corrected chi connectivity index (χ1v) is 9.25. The third-order valence-electron chi connectivity index (χ3n) is 4.07. The molecule has 1 saturated heterocycles. The molecule has 1 atom stereocenters. The van der Waals surface area contributed by atoms with Gasteiger partial charge in [0.15, 0.2) is 0 Å². The molecular weight excluding hydrogens is 351 g/mol. The van der Waals surface area contributed by atoms with Crippen LogP contribution >= 0.6 is 34.5 Å². The maximum Gasteiger partial charge on any atom is 0.234 e. The van der Waals surface area contributed by atoms with E-state index in [0.717, 1.165) is 24.9 Å². The van der Waals surface area contributed by atoms with Gasteiger partial charge in [-0.25, -0.2) is 0 Å². The second-order valence-corrected chi connectivity index (χ2v) is 7.48. The predicted molar refractivity (Wildman–Crippen MR) is 96.2 cm³/mol. The van der Waals surface area contributed by atoms with Crippen LogP contribution in [-0.2, 0) is 11.3 Å². The molecule has 1 aromatic carbocycles. The lowest BCUT2D eigenvalue weighted by Crippen LogP contribution is -2.36. The zero-order valence-electron chi connectivity index (χ0n) is 12.6. The van der Waals surface area contributed by atoms with Gasteiger partial charge in [-0.2, -0.15) is 0 Å². The van der Waals surface area contributed by atoms with Crippen molar-refractivity contribution in [2.24, 2.45) is 0 Å². The fourth-order valence-electron chi connectivity index (χ4n) is 2.92. The van der Waals surface area contributed by atoms with Crippen molar-refractivity contribution in [2.45, 2.75) is 25.4 Å². The molecule has 0 spiro atoms. The van der Waals surface area contributed by atoms with E-state index in [1.165, 1.54) is 4.88 Å². The van der Waals surface area contributed by atoms with Crippen molar-refractivity contribution in [3.63, 3.8) is 0 Å². The third-order valence-corrected chi connectivity index (χ3v) is 5.63. The number of amides is 1. The van der Waals surface area contributed by atoms with Gasteiger partial charge in [0.2, 0.25) is 5.91 Å². The van der Waals surface area contributed by atoms with E-state index in [1.807, 2.05) is 6.07 Å². The summed E-state index contributed by atoms with van der Waals surface area (Å²) in [5.41, 5.74) is 0.876. The summed E-state index contributed by atoms with van der Waals surface area (Å²) < 4.78 is 0. The summed E-state index contributed by atoms with van der Waals surface area (Å²) in [4.78, 5) is 15.8. The maximum atomic E-state index is 12.2. The van der Waals surface area contributed by atoms with Crippen LogP contribution in [-0.4, -0.2) is 23.9 Å². The molecule has 3 nitrogen and oxygen atoms in total. The van der Waals surface area contributed by atoms with E-state index in [-0.39, 0.29) is 5.91 Å². The first kappa shape index (κ1) is 16.8. The first-order chi connectivity index (χ1) is 11.1. The number of likely N-dealkylation sites (tertiary alicyclic amines) is 1. The van der Waals surface area contributed by atoms with Gasteiger partial charge in [0.25, 0.3) is 0 Å². The van der Waals surface area contributed by atoms with Crippen molar-refractivity contribution in [2.75, 3.05) is 13.1 Å². The number of hydrogen-bond acceptors (Lipinski definition) is 3. The van der Waals surface area contributed by atoms with Gasteiger partial charge in [0.1, 0.15) is 0 Å². The van der Waals surface area contributed by atoms with Crippen LogP contribution in [0.15, 0.2) is 35.7 Å². The molecule has 0 bridgehead atoms. The van der Waals surface area contributed by atoms with Gasteiger partial charge < -0.3 is 5.32 Å². The Bertz CT molecular complexity index is 675. The number of carbonyl (C=O) groups is 1.